The number of hydrogen-bond donors (Lipinski definition) is 0. The molecule has 0 N–H and O–H groups in total. The number of benzene rings is 2. The predicted molar refractivity (Wildman–Crippen MR) is 96.7 cm³/mol. The van der Waals surface area contributed by atoms with Crippen LogP contribution in [0.4, 0.5) is 11.4 Å². The van der Waals surface area contributed by atoms with Crippen LogP contribution in [0.2, 0.25) is 0 Å². The maximum Gasteiger partial charge on any atom is 0.292 e. The lowest BCUT2D eigenvalue weighted by Crippen LogP contribution is -2.25. The number of carbonyl (C=O) groups excluding carboxylic acids is 1. The van der Waals surface area contributed by atoms with Crippen LogP contribution in [0.25, 0.3) is 0 Å². The van der Waals surface area contributed by atoms with E-state index in [1.165, 1.54) is 18.0 Å². The van der Waals surface area contributed by atoms with E-state index >= 15 is 0 Å². The summed E-state index contributed by atoms with van der Waals surface area (Å²) in [6, 6.07) is 13.9. The molecule has 8 heteroatoms. The van der Waals surface area contributed by atoms with Gasteiger partial charge in [-0.25, -0.2) is 0 Å². The van der Waals surface area contributed by atoms with E-state index in [1.54, 1.807) is 31.1 Å². The Kier molecular flexibility index (Phi) is 4.57. The first-order valence-corrected chi connectivity index (χ1v) is 7.94. The van der Waals surface area contributed by atoms with Gasteiger partial charge in [0.2, 0.25) is 18.0 Å². The fourth-order valence-corrected chi connectivity index (χ4v) is 2.70. The number of nitrogens with zero attached hydrogens (tertiary/aromatic N) is 4. The highest BCUT2D eigenvalue weighted by Gasteiger charge is 2.34. The number of rotatable bonds is 4. The van der Waals surface area contributed by atoms with Crippen molar-refractivity contribution in [2.45, 2.75) is 13.2 Å². The number of carbonyl (C=O) groups is 1. The number of nitro benzene ring substituents is 1. The fourth-order valence-electron chi connectivity index (χ4n) is 2.70. The van der Waals surface area contributed by atoms with E-state index in [4.69, 9.17) is 4.74 Å². The molecule has 134 valence electrons. The van der Waals surface area contributed by atoms with Gasteiger partial charge in [0.25, 0.3) is 5.69 Å². The van der Waals surface area contributed by atoms with Crippen LogP contribution in [0, 0.1) is 10.1 Å². The Balaban J connectivity index is 2.00. The molecule has 26 heavy (non-hydrogen) atoms. The third-order valence-electron chi connectivity index (χ3n) is 3.95. The number of amides is 1. The monoisotopic (exact) mass is 354 g/mol. The molecule has 2 aromatic carbocycles. The Morgan fingerprint density at radius 1 is 1.23 bits per heavy atom. The zero-order chi connectivity index (χ0) is 18.8. The molecule has 0 aromatic heterocycles. The second-order valence-corrected chi connectivity index (χ2v) is 6.00. The van der Waals surface area contributed by atoms with Gasteiger partial charge in [-0.3, -0.25) is 14.9 Å². The molecule has 8 nitrogen and oxygen atoms in total. The van der Waals surface area contributed by atoms with Crippen molar-refractivity contribution in [3.63, 3.8) is 0 Å². The lowest BCUT2D eigenvalue weighted by molar-refractivity contribution is -0.384. The third-order valence-corrected chi connectivity index (χ3v) is 3.95. The van der Waals surface area contributed by atoms with Gasteiger partial charge < -0.3 is 9.64 Å². The summed E-state index contributed by atoms with van der Waals surface area (Å²) < 4.78 is 5.86. The van der Waals surface area contributed by atoms with Crippen molar-refractivity contribution in [2.24, 2.45) is 5.10 Å². The van der Waals surface area contributed by atoms with Gasteiger partial charge in [-0.05, 0) is 18.2 Å². The minimum absolute atomic E-state index is 0.0623. The minimum Gasteiger partial charge on any atom is -0.446 e. The lowest BCUT2D eigenvalue weighted by Gasteiger charge is -2.20. The maximum atomic E-state index is 12.0. The molecule has 0 fully saturated rings. The summed E-state index contributed by atoms with van der Waals surface area (Å²) in [6.07, 6.45) is -0.849. The van der Waals surface area contributed by atoms with Gasteiger partial charge in [-0.2, -0.15) is 5.01 Å². The average Bonchev–Trinajstić information content (AvgIpc) is 3.07. The molecule has 1 aliphatic heterocycles. The number of nitro groups is 1. The molecule has 0 saturated carbocycles. The Labute approximate surface area is 150 Å². The van der Waals surface area contributed by atoms with E-state index in [-0.39, 0.29) is 11.6 Å². The van der Waals surface area contributed by atoms with E-state index in [1.807, 2.05) is 30.3 Å². The average molecular weight is 354 g/mol. The first-order valence-electron chi connectivity index (χ1n) is 7.94. The molecule has 1 amide bonds. The second-order valence-electron chi connectivity index (χ2n) is 6.00. The van der Waals surface area contributed by atoms with Crippen molar-refractivity contribution >= 4 is 23.2 Å². The van der Waals surface area contributed by atoms with Gasteiger partial charge in [0.1, 0.15) is 5.69 Å². The normalized spacial score (nSPS) is 16.0. The molecule has 0 spiro atoms. The van der Waals surface area contributed by atoms with Crippen molar-refractivity contribution in [1.29, 1.82) is 0 Å². The van der Waals surface area contributed by atoms with Crippen LogP contribution in [0.5, 0.6) is 0 Å². The van der Waals surface area contributed by atoms with Gasteiger partial charge in [0.05, 0.1) is 4.92 Å². The highest BCUT2D eigenvalue weighted by atomic mass is 16.6. The lowest BCUT2D eigenvalue weighted by atomic mass is 10.1. The van der Waals surface area contributed by atoms with Crippen molar-refractivity contribution < 1.29 is 14.5 Å². The van der Waals surface area contributed by atoms with E-state index in [9.17, 15) is 14.9 Å². The van der Waals surface area contributed by atoms with Crippen LogP contribution in [0.1, 0.15) is 24.3 Å². The minimum atomic E-state index is -0.849. The molecule has 2 aromatic rings. The first kappa shape index (κ1) is 17.4. The van der Waals surface area contributed by atoms with Crippen LogP contribution >= 0.6 is 0 Å². The van der Waals surface area contributed by atoms with E-state index in [0.29, 0.717) is 17.1 Å². The van der Waals surface area contributed by atoms with Gasteiger partial charge in [0, 0.05) is 38.2 Å². The number of ether oxygens (including phenoxy) is 1. The molecule has 3 rings (SSSR count). The zero-order valence-corrected chi connectivity index (χ0v) is 14.6. The summed E-state index contributed by atoms with van der Waals surface area (Å²) >= 11 is 0. The summed E-state index contributed by atoms with van der Waals surface area (Å²) in [4.78, 5) is 24.6. The first-order chi connectivity index (χ1) is 12.4. The smallest absolute Gasteiger partial charge is 0.292 e. The van der Waals surface area contributed by atoms with Gasteiger partial charge in [0.15, 0.2) is 0 Å². The van der Waals surface area contributed by atoms with Gasteiger partial charge >= 0.3 is 0 Å². The number of hydrazone groups is 1. The molecule has 0 saturated heterocycles. The summed E-state index contributed by atoms with van der Waals surface area (Å²) in [7, 11) is 3.46. The van der Waals surface area contributed by atoms with Crippen molar-refractivity contribution in [1.82, 2.24) is 5.01 Å². The van der Waals surface area contributed by atoms with E-state index in [0.717, 1.165) is 5.56 Å². The predicted octanol–water partition coefficient (Wildman–Crippen LogP) is 2.90. The summed E-state index contributed by atoms with van der Waals surface area (Å²) in [5.41, 5.74) is 1.61. The fraction of sp³-hybridized carbons (Fsp3) is 0.222. The molecule has 0 aliphatic carbocycles. The summed E-state index contributed by atoms with van der Waals surface area (Å²) in [5, 5.41) is 16.9. The van der Waals surface area contributed by atoms with Gasteiger partial charge in [-0.15, -0.1) is 5.10 Å². The Morgan fingerprint density at radius 2 is 1.92 bits per heavy atom. The molecule has 1 heterocycles. The zero-order valence-electron chi connectivity index (χ0n) is 14.6. The highest BCUT2D eigenvalue weighted by Crippen LogP contribution is 2.35. The molecule has 1 atom stereocenters. The maximum absolute atomic E-state index is 12.0. The second kappa shape index (κ2) is 6.83. The quantitative estimate of drug-likeness (QED) is 0.622. The van der Waals surface area contributed by atoms with Crippen molar-refractivity contribution in [3.05, 3.63) is 69.8 Å². The standard InChI is InChI=1S/C18H18N4O4/c1-12(23)21-18(26-17(19-21)13-7-5-4-6-8-13)14-9-10-15(20(2)3)16(11-14)22(24)25/h4-11,18H,1-3H3/t18-/m1/s1. The van der Waals surface area contributed by atoms with E-state index in [2.05, 4.69) is 5.10 Å². The molecule has 0 bridgehead atoms. The Morgan fingerprint density at radius 3 is 2.50 bits per heavy atom. The molecular weight excluding hydrogens is 336 g/mol. The molecule has 0 radical (unpaired) electrons. The summed E-state index contributed by atoms with van der Waals surface area (Å²) in [5.74, 6) is -0.0228. The highest BCUT2D eigenvalue weighted by molar-refractivity contribution is 5.96. The largest absolute Gasteiger partial charge is 0.446 e. The number of anilines is 1. The van der Waals surface area contributed by atoms with Crippen LogP contribution in [0.15, 0.2) is 53.6 Å². The van der Waals surface area contributed by atoms with E-state index < -0.39 is 11.2 Å². The van der Waals surface area contributed by atoms with Crippen molar-refractivity contribution in [3.8, 4) is 0 Å². The van der Waals surface area contributed by atoms with Crippen LogP contribution in [-0.4, -0.2) is 35.8 Å². The molecular formula is C18H18N4O4. The Hall–Kier alpha value is -3.42. The topological polar surface area (TPSA) is 88.3 Å². The van der Waals surface area contributed by atoms with Gasteiger partial charge in [-0.1, -0.05) is 24.3 Å². The van der Waals surface area contributed by atoms with Crippen LogP contribution in [0.3, 0.4) is 0 Å². The third kappa shape index (κ3) is 3.21. The number of hydrogen-bond acceptors (Lipinski definition) is 6. The van der Waals surface area contributed by atoms with Crippen LogP contribution < -0.4 is 4.90 Å². The Bertz CT molecular complexity index is 880. The molecule has 1 aliphatic rings. The molecule has 0 unspecified atom stereocenters. The summed E-state index contributed by atoms with van der Waals surface area (Å²) in [6.45, 7) is 1.37. The SMILES string of the molecule is CC(=O)N1N=C(c2ccccc2)O[C@@H]1c1ccc(N(C)C)c([N+](=O)[O-])c1. The van der Waals surface area contributed by atoms with Crippen molar-refractivity contribution in [2.75, 3.05) is 19.0 Å². The van der Waals surface area contributed by atoms with Crippen LogP contribution in [-0.2, 0) is 9.53 Å².